The van der Waals surface area contributed by atoms with Gasteiger partial charge < -0.3 is 14.1 Å². The van der Waals surface area contributed by atoms with Crippen molar-refractivity contribution in [1.29, 1.82) is 0 Å². The highest BCUT2D eigenvalue weighted by Crippen LogP contribution is 2.28. The fourth-order valence-electron chi connectivity index (χ4n) is 2.32. The van der Waals surface area contributed by atoms with E-state index in [1.807, 2.05) is 0 Å². The van der Waals surface area contributed by atoms with Crippen LogP contribution in [0.3, 0.4) is 0 Å². The van der Waals surface area contributed by atoms with Crippen molar-refractivity contribution in [3.05, 3.63) is 35.3 Å². The van der Waals surface area contributed by atoms with Crippen molar-refractivity contribution in [2.75, 3.05) is 26.3 Å². The number of carbonyl (C=O) groups is 1. The minimum absolute atomic E-state index is 0.150. The molecule has 1 aromatic carbocycles. The average molecular weight is 263 g/mol. The van der Waals surface area contributed by atoms with Crippen LogP contribution in [0.1, 0.15) is 16.1 Å². The molecule has 1 amide bonds. The van der Waals surface area contributed by atoms with Crippen LogP contribution in [0.15, 0.2) is 22.6 Å². The molecule has 1 aromatic heterocycles. The molecule has 1 aliphatic rings. The van der Waals surface area contributed by atoms with Gasteiger partial charge in [-0.05, 0) is 13.0 Å². The molecule has 1 aliphatic heterocycles. The first-order chi connectivity index (χ1) is 9.18. The molecule has 0 bridgehead atoms. The smallest absolute Gasteiger partial charge is 0.290 e. The number of para-hydroxylation sites is 1. The summed E-state index contributed by atoms with van der Waals surface area (Å²) in [5.74, 6) is -0.417. The van der Waals surface area contributed by atoms with Crippen molar-refractivity contribution < 1.29 is 18.3 Å². The predicted molar refractivity (Wildman–Crippen MR) is 67.6 cm³/mol. The Morgan fingerprint density at radius 1 is 1.32 bits per heavy atom. The number of nitrogens with zero attached hydrogens (tertiary/aromatic N) is 1. The Hall–Kier alpha value is -1.88. The molecule has 4 nitrogen and oxygen atoms in total. The van der Waals surface area contributed by atoms with Gasteiger partial charge in [0.05, 0.1) is 13.2 Å². The van der Waals surface area contributed by atoms with Crippen LogP contribution in [0.4, 0.5) is 4.39 Å². The Kier molecular flexibility index (Phi) is 2.98. The van der Waals surface area contributed by atoms with Crippen molar-refractivity contribution in [2.24, 2.45) is 0 Å². The molecule has 5 heteroatoms. The maximum absolute atomic E-state index is 13.6. The number of furan rings is 1. The fraction of sp³-hybridized carbons (Fsp3) is 0.357. The van der Waals surface area contributed by atoms with Gasteiger partial charge in [0.15, 0.2) is 17.2 Å². The lowest BCUT2D eigenvalue weighted by Gasteiger charge is -2.26. The summed E-state index contributed by atoms with van der Waals surface area (Å²) in [6, 6.07) is 4.70. The number of rotatable bonds is 1. The second-order valence-electron chi connectivity index (χ2n) is 4.58. The normalized spacial score (nSPS) is 16.0. The second kappa shape index (κ2) is 4.66. The first kappa shape index (κ1) is 12.2. The minimum atomic E-state index is -0.443. The summed E-state index contributed by atoms with van der Waals surface area (Å²) in [5.41, 5.74) is 0.836. The van der Waals surface area contributed by atoms with Gasteiger partial charge in [-0.25, -0.2) is 4.39 Å². The SMILES string of the molecule is Cc1c(C(=O)N2CCOCC2)oc2c(F)cccc12. The van der Waals surface area contributed by atoms with E-state index in [4.69, 9.17) is 9.15 Å². The summed E-state index contributed by atoms with van der Waals surface area (Å²) in [4.78, 5) is 14.0. The van der Waals surface area contributed by atoms with Crippen LogP contribution in [0.25, 0.3) is 11.0 Å². The van der Waals surface area contributed by atoms with E-state index < -0.39 is 5.82 Å². The molecule has 2 heterocycles. The van der Waals surface area contributed by atoms with Crippen LogP contribution in [0.5, 0.6) is 0 Å². The second-order valence-corrected chi connectivity index (χ2v) is 4.58. The first-order valence-corrected chi connectivity index (χ1v) is 6.23. The first-order valence-electron chi connectivity index (χ1n) is 6.23. The number of hydrogen-bond donors (Lipinski definition) is 0. The largest absolute Gasteiger partial charge is 0.448 e. The van der Waals surface area contributed by atoms with Gasteiger partial charge in [-0.2, -0.15) is 0 Å². The maximum Gasteiger partial charge on any atom is 0.290 e. The van der Waals surface area contributed by atoms with Crippen molar-refractivity contribution in [1.82, 2.24) is 4.90 Å². The molecule has 0 spiro atoms. The molecule has 19 heavy (non-hydrogen) atoms. The molecule has 1 fully saturated rings. The molecule has 0 aliphatic carbocycles. The van der Waals surface area contributed by atoms with E-state index in [2.05, 4.69) is 0 Å². The molecule has 0 atom stereocenters. The van der Waals surface area contributed by atoms with Crippen molar-refractivity contribution >= 4 is 16.9 Å². The molecule has 3 rings (SSSR count). The van der Waals surface area contributed by atoms with Gasteiger partial charge >= 0.3 is 0 Å². The standard InChI is InChI=1S/C14H14FNO3/c1-9-10-3-2-4-11(15)13(10)19-12(9)14(17)16-5-7-18-8-6-16/h2-4H,5-8H2,1H3. The number of carbonyl (C=O) groups excluding carboxylic acids is 1. The molecule has 1 saturated heterocycles. The van der Waals surface area contributed by atoms with Gasteiger partial charge in [0.1, 0.15) is 0 Å². The highest BCUT2D eigenvalue weighted by atomic mass is 19.1. The van der Waals surface area contributed by atoms with E-state index in [1.54, 1.807) is 24.0 Å². The molecule has 0 saturated carbocycles. The molecule has 100 valence electrons. The zero-order chi connectivity index (χ0) is 13.4. The molecular formula is C14H14FNO3. The summed E-state index contributed by atoms with van der Waals surface area (Å²) in [6.07, 6.45) is 0. The lowest BCUT2D eigenvalue weighted by Crippen LogP contribution is -2.40. The summed E-state index contributed by atoms with van der Waals surface area (Å²) < 4.78 is 24.3. The van der Waals surface area contributed by atoms with E-state index >= 15 is 0 Å². The number of halogens is 1. The highest BCUT2D eigenvalue weighted by molar-refractivity contribution is 5.99. The molecule has 0 radical (unpaired) electrons. The van der Waals surface area contributed by atoms with Gasteiger partial charge in [0, 0.05) is 24.0 Å². The third-order valence-corrected chi connectivity index (χ3v) is 3.41. The number of fused-ring (bicyclic) bond motifs is 1. The summed E-state index contributed by atoms with van der Waals surface area (Å²) in [5, 5.41) is 0.650. The number of ether oxygens (including phenoxy) is 1. The van der Waals surface area contributed by atoms with E-state index in [0.717, 1.165) is 0 Å². The van der Waals surface area contributed by atoms with Crippen LogP contribution in [-0.2, 0) is 4.74 Å². The van der Waals surface area contributed by atoms with Gasteiger partial charge in [0.2, 0.25) is 0 Å². The lowest BCUT2D eigenvalue weighted by molar-refractivity contribution is 0.0283. The van der Waals surface area contributed by atoms with Crippen molar-refractivity contribution in [3.8, 4) is 0 Å². The zero-order valence-corrected chi connectivity index (χ0v) is 10.6. The summed E-state index contributed by atoms with van der Waals surface area (Å²) in [6.45, 7) is 3.91. The van der Waals surface area contributed by atoms with E-state index in [0.29, 0.717) is 37.3 Å². The van der Waals surface area contributed by atoms with E-state index in [-0.39, 0.29) is 17.3 Å². The quantitative estimate of drug-likeness (QED) is 0.793. The fourth-order valence-corrected chi connectivity index (χ4v) is 2.32. The molecular weight excluding hydrogens is 249 g/mol. The van der Waals surface area contributed by atoms with Gasteiger partial charge in [-0.15, -0.1) is 0 Å². The zero-order valence-electron chi connectivity index (χ0n) is 10.6. The lowest BCUT2D eigenvalue weighted by atomic mass is 10.1. The minimum Gasteiger partial charge on any atom is -0.448 e. The predicted octanol–water partition coefficient (Wildman–Crippen LogP) is 2.35. The highest BCUT2D eigenvalue weighted by Gasteiger charge is 2.25. The molecule has 0 N–H and O–H groups in total. The molecule has 2 aromatic rings. The van der Waals surface area contributed by atoms with Crippen molar-refractivity contribution in [3.63, 3.8) is 0 Å². The Morgan fingerprint density at radius 2 is 2.05 bits per heavy atom. The van der Waals surface area contributed by atoms with Crippen LogP contribution < -0.4 is 0 Å². The third kappa shape index (κ3) is 2.00. The van der Waals surface area contributed by atoms with Gasteiger partial charge in [0.25, 0.3) is 5.91 Å². The number of benzene rings is 1. The van der Waals surface area contributed by atoms with Crippen LogP contribution in [0, 0.1) is 12.7 Å². The Morgan fingerprint density at radius 3 is 2.74 bits per heavy atom. The number of amides is 1. The third-order valence-electron chi connectivity index (χ3n) is 3.41. The van der Waals surface area contributed by atoms with Crippen LogP contribution >= 0.6 is 0 Å². The molecule has 0 unspecified atom stereocenters. The monoisotopic (exact) mass is 263 g/mol. The van der Waals surface area contributed by atoms with E-state index in [1.165, 1.54) is 6.07 Å². The maximum atomic E-state index is 13.6. The summed E-state index contributed by atoms with van der Waals surface area (Å²) >= 11 is 0. The van der Waals surface area contributed by atoms with Gasteiger partial charge in [-0.1, -0.05) is 12.1 Å². The van der Waals surface area contributed by atoms with Crippen LogP contribution in [-0.4, -0.2) is 37.1 Å². The summed E-state index contributed by atoms with van der Waals surface area (Å²) in [7, 11) is 0. The Balaban J connectivity index is 2.02. The number of aryl methyl sites for hydroxylation is 1. The van der Waals surface area contributed by atoms with Crippen LogP contribution in [0.2, 0.25) is 0 Å². The van der Waals surface area contributed by atoms with E-state index in [9.17, 15) is 9.18 Å². The Labute approximate surface area is 109 Å². The average Bonchev–Trinajstić information content (AvgIpc) is 2.78. The topological polar surface area (TPSA) is 42.7 Å². The number of hydrogen-bond acceptors (Lipinski definition) is 3. The number of morpholine rings is 1. The van der Waals surface area contributed by atoms with Gasteiger partial charge in [-0.3, -0.25) is 4.79 Å². The van der Waals surface area contributed by atoms with Crippen molar-refractivity contribution in [2.45, 2.75) is 6.92 Å². The Bertz CT molecular complexity index is 629.